The van der Waals surface area contributed by atoms with E-state index < -0.39 is 176 Å². The van der Waals surface area contributed by atoms with Gasteiger partial charge in [0.1, 0.15) is 59.8 Å². The maximum absolute atomic E-state index is 14.9. The van der Waals surface area contributed by atoms with Gasteiger partial charge in [0.15, 0.2) is 0 Å². The zero-order valence-corrected chi connectivity index (χ0v) is 62.3. The molecule has 5 rings (SSSR count). The van der Waals surface area contributed by atoms with E-state index in [4.69, 9.17) is 0 Å². The van der Waals surface area contributed by atoms with Crippen LogP contribution in [0.3, 0.4) is 0 Å². The van der Waals surface area contributed by atoms with Crippen molar-refractivity contribution in [3.8, 4) is 11.5 Å². The van der Waals surface area contributed by atoms with E-state index in [0.29, 0.717) is 35.1 Å². The predicted molar refractivity (Wildman–Crippen MR) is 392 cm³/mol. The summed E-state index contributed by atoms with van der Waals surface area (Å²) in [6.45, 7) is 5.50. The van der Waals surface area contributed by atoms with Gasteiger partial charge in [0.2, 0.25) is 76.8 Å². The second-order valence-electron chi connectivity index (χ2n) is 27.0. The van der Waals surface area contributed by atoms with Crippen LogP contribution in [-0.4, -0.2) is 261 Å². The SMILES string of the molecule is CCCC[C@H]1C(=O)N(C)CC(=O)N[C@@H](CC(=O)O)C(=O)N[C@@H]([C@@H](C)O)C(=O)N(C)[C@@H](Cc2ccccc2)C(=O)N[C@@H](Cc2ccc(O)cc2)C(=O)N(C)CC(=O)NCC(=O)N[C@@H](Cc2ccc(O)cc2)C(=O)N[C@@H](CC(C)C)C(=O)N[C@H](C)CSCC(=O)N[C@@H](Cc2ccccc2)C(=O)N(C)CC(=O)N1C. The van der Waals surface area contributed by atoms with E-state index in [0.717, 1.165) is 43.2 Å². The molecule has 1 saturated heterocycles. The molecule has 1 fully saturated rings. The first-order valence-electron chi connectivity index (χ1n) is 34.9. The number of carboxylic acid groups (broad SMARTS) is 1. The summed E-state index contributed by atoms with van der Waals surface area (Å²) in [6, 6.07) is 15.9. The minimum atomic E-state index is -1.95. The minimum absolute atomic E-state index is 0.00815. The number of hydrogen-bond donors (Lipinski definition) is 12. The molecular formula is C74H101N13O18S. The maximum Gasteiger partial charge on any atom is 0.305 e. The highest BCUT2D eigenvalue weighted by Crippen LogP contribution is 2.19. The monoisotopic (exact) mass is 1490 g/mol. The van der Waals surface area contributed by atoms with Crippen LogP contribution >= 0.6 is 11.8 Å². The molecule has 1 aliphatic heterocycles. The van der Waals surface area contributed by atoms with E-state index >= 15 is 0 Å². The predicted octanol–water partition coefficient (Wildman–Crippen LogP) is -0.234. The molecule has 0 unspecified atom stereocenters. The molecule has 32 heteroatoms. The third-order valence-corrected chi connectivity index (χ3v) is 18.6. The number of aliphatic carboxylic acids is 1. The number of amides is 13. The Labute approximate surface area is 621 Å². The number of hydrogen-bond acceptors (Lipinski definition) is 18. The van der Waals surface area contributed by atoms with Crippen molar-refractivity contribution in [2.24, 2.45) is 5.92 Å². The largest absolute Gasteiger partial charge is 0.508 e. The van der Waals surface area contributed by atoms with Gasteiger partial charge in [-0.15, -0.1) is 11.8 Å². The second-order valence-corrected chi connectivity index (χ2v) is 28.0. The molecule has 0 spiro atoms. The Hall–Kier alpha value is -10.6. The topological polar surface area (TPSA) is 432 Å². The first-order valence-corrected chi connectivity index (χ1v) is 36.0. The number of carbonyl (C=O) groups is 14. The number of nitrogens with zero attached hydrogens (tertiary/aromatic N) is 5. The van der Waals surface area contributed by atoms with Gasteiger partial charge in [0.05, 0.1) is 44.5 Å². The lowest BCUT2D eigenvalue weighted by atomic mass is 10.00. The Kier molecular flexibility index (Phi) is 34.4. The number of phenols is 2. The number of unbranched alkanes of at least 4 members (excludes halogenated alkanes) is 1. The van der Waals surface area contributed by atoms with Crippen molar-refractivity contribution in [1.82, 2.24) is 67.0 Å². The number of thioether (sulfide) groups is 1. The molecule has 0 aliphatic carbocycles. The molecule has 10 atom stereocenters. The average molecular weight is 1490 g/mol. The Bertz CT molecular complexity index is 3690. The third kappa shape index (κ3) is 28.1. The summed E-state index contributed by atoms with van der Waals surface area (Å²) >= 11 is 1.13. The molecule has 4 aromatic rings. The van der Waals surface area contributed by atoms with Gasteiger partial charge >= 0.3 is 5.97 Å². The Morgan fingerprint density at radius 1 is 0.491 bits per heavy atom. The van der Waals surface area contributed by atoms with E-state index in [1.165, 1.54) is 83.8 Å². The normalized spacial score (nSPS) is 23.0. The highest BCUT2D eigenvalue weighted by atomic mass is 32.2. The maximum atomic E-state index is 14.9. The van der Waals surface area contributed by atoms with Gasteiger partial charge in [-0.2, -0.15) is 0 Å². The van der Waals surface area contributed by atoms with Crippen molar-refractivity contribution < 1.29 is 87.5 Å². The highest BCUT2D eigenvalue weighted by molar-refractivity contribution is 8.00. The molecule has 31 nitrogen and oxygen atoms in total. The number of benzene rings is 4. The zero-order chi connectivity index (χ0) is 78.5. The van der Waals surface area contributed by atoms with Crippen LogP contribution in [0.15, 0.2) is 109 Å². The molecular weight excluding hydrogens is 1390 g/mol. The molecule has 1 heterocycles. The zero-order valence-electron chi connectivity index (χ0n) is 61.5. The summed E-state index contributed by atoms with van der Waals surface area (Å²) < 4.78 is 0. The highest BCUT2D eigenvalue weighted by Gasteiger charge is 2.40. The fourth-order valence-corrected chi connectivity index (χ4v) is 12.4. The van der Waals surface area contributed by atoms with Gasteiger partial charge < -0.3 is 87.5 Å². The summed E-state index contributed by atoms with van der Waals surface area (Å²) in [5.74, 6) is -13.0. The van der Waals surface area contributed by atoms with E-state index in [9.17, 15) is 87.5 Å². The lowest BCUT2D eigenvalue weighted by Gasteiger charge is -2.34. The molecule has 0 saturated carbocycles. The lowest BCUT2D eigenvalue weighted by Crippen LogP contribution is -2.62. The van der Waals surface area contributed by atoms with Crippen molar-refractivity contribution in [3.63, 3.8) is 0 Å². The Balaban J connectivity index is 1.52. The standard InChI is InChI=1S/C74H101N13O18S/c1-11-12-23-58-73(104)84(7)40-62(93)78-55(37-65(96)97)69(100)82-66(46(5)88)74(105)87(10)59(36-48-21-17-14-18-22-48)70(101)81-57(35-50-26-30-52(90)31-27-50)72(103)83(6)39-61(92)75-38-60(91)77-54(33-49-24-28-51(89)29-25-49)68(99)80-53(32-44(2)3)67(98)76-45(4)42-106-43-63(94)79-56(34-47-19-15-13-16-20-47)71(102)85(8)41-64(95)86(58)9/h13-22,24-31,44-46,53-59,66,88-90H,11-12,23,32-43H2,1-10H3,(H,75,92)(H,76,98)(H,77,91)(H,78,93)(H,79,94)(H,80,99)(H,81,101)(H,82,100)(H,96,97)/t45-,46-,53+,54+,55+,56+,57+,58+,59+,66+/m1/s1. The average Bonchev–Trinajstić information content (AvgIpc) is 0.826. The summed E-state index contributed by atoms with van der Waals surface area (Å²) in [5, 5.41) is 62.2. The first kappa shape index (κ1) is 86.0. The Morgan fingerprint density at radius 3 is 1.49 bits per heavy atom. The van der Waals surface area contributed by atoms with E-state index in [1.54, 1.807) is 67.6 Å². The molecule has 0 radical (unpaired) electrons. The van der Waals surface area contributed by atoms with Crippen molar-refractivity contribution in [3.05, 3.63) is 131 Å². The molecule has 13 amide bonds. The van der Waals surface area contributed by atoms with Crippen LogP contribution < -0.4 is 42.5 Å². The molecule has 4 aromatic carbocycles. The number of carboxylic acids is 1. The van der Waals surface area contributed by atoms with E-state index in [1.807, 2.05) is 20.8 Å². The Morgan fingerprint density at radius 2 is 0.953 bits per heavy atom. The van der Waals surface area contributed by atoms with E-state index in [2.05, 4.69) is 42.5 Å². The van der Waals surface area contributed by atoms with Gasteiger partial charge in [-0.1, -0.05) is 119 Å². The quantitative estimate of drug-likeness (QED) is 0.0689. The number of aromatic hydroxyl groups is 2. The molecule has 0 bridgehead atoms. The number of aliphatic hydroxyl groups excluding tert-OH is 1. The van der Waals surface area contributed by atoms with Gasteiger partial charge in [0.25, 0.3) is 0 Å². The molecule has 576 valence electrons. The third-order valence-electron chi connectivity index (χ3n) is 17.4. The van der Waals surface area contributed by atoms with Crippen LogP contribution in [0.2, 0.25) is 0 Å². The summed E-state index contributed by atoms with van der Waals surface area (Å²) in [7, 11) is 6.35. The van der Waals surface area contributed by atoms with Crippen LogP contribution in [0.1, 0.15) is 89.0 Å². The first-order chi connectivity index (χ1) is 50.1. The van der Waals surface area contributed by atoms with E-state index in [-0.39, 0.29) is 67.4 Å². The van der Waals surface area contributed by atoms with Gasteiger partial charge in [-0.25, -0.2) is 0 Å². The van der Waals surface area contributed by atoms with Crippen LogP contribution in [-0.2, 0) is 92.8 Å². The number of likely N-dealkylation sites (N-methyl/N-ethyl adjacent to an activating group) is 5. The van der Waals surface area contributed by atoms with Crippen LogP contribution in [0.5, 0.6) is 11.5 Å². The van der Waals surface area contributed by atoms with Gasteiger partial charge in [0, 0.05) is 72.7 Å². The van der Waals surface area contributed by atoms with Crippen molar-refractivity contribution in [1.29, 1.82) is 0 Å². The second kappa shape index (κ2) is 42.4. The number of carbonyl (C=O) groups excluding carboxylic acids is 13. The van der Waals surface area contributed by atoms with Crippen molar-refractivity contribution in [2.45, 2.75) is 153 Å². The summed E-state index contributed by atoms with van der Waals surface area (Å²) in [4.78, 5) is 203. The molecule has 0 aromatic heterocycles. The van der Waals surface area contributed by atoms with Gasteiger partial charge in [-0.3, -0.25) is 67.1 Å². The summed E-state index contributed by atoms with van der Waals surface area (Å²) in [5.41, 5.74) is 2.05. The number of phenolic OH excluding ortho intramolecular Hbond substituents is 2. The van der Waals surface area contributed by atoms with Crippen molar-refractivity contribution in [2.75, 3.05) is 72.9 Å². The fourth-order valence-electron chi connectivity index (χ4n) is 11.6. The van der Waals surface area contributed by atoms with Crippen LogP contribution in [0.25, 0.3) is 0 Å². The molecule has 1 aliphatic rings. The number of aliphatic hydroxyl groups is 1. The number of nitrogens with one attached hydrogen (secondary N) is 8. The lowest BCUT2D eigenvalue weighted by molar-refractivity contribution is -0.148. The molecule has 106 heavy (non-hydrogen) atoms. The summed E-state index contributed by atoms with van der Waals surface area (Å²) in [6.07, 6.45) is -2.30. The van der Waals surface area contributed by atoms with Crippen LogP contribution in [0.4, 0.5) is 0 Å². The molecule has 12 N–H and O–H groups in total. The number of rotatable bonds is 16. The van der Waals surface area contributed by atoms with Gasteiger partial charge in [-0.05, 0) is 79.1 Å². The smallest absolute Gasteiger partial charge is 0.305 e. The van der Waals surface area contributed by atoms with Crippen LogP contribution in [0, 0.1) is 5.92 Å². The van der Waals surface area contributed by atoms with Crippen molar-refractivity contribution >= 4 is 94.5 Å². The minimum Gasteiger partial charge on any atom is -0.508 e. The fraction of sp³-hybridized carbons (Fsp3) is 0.486.